The number of hydrogen-bond donors (Lipinski definition) is 0. The molecular weight excluding hydrogens is 386 g/mol. The average Bonchev–Trinajstić information content (AvgIpc) is 3.31. The van der Waals surface area contributed by atoms with Gasteiger partial charge in [-0.05, 0) is 69.9 Å². The number of carbonyl (C=O) groups is 2. The number of nitrogens with zero attached hydrogens (tertiary/aromatic N) is 1. The van der Waals surface area contributed by atoms with Gasteiger partial charge in [-0.15, -0.1) is 11.8 Å². The van der Waals surface area contributed by atoms with Crippen LogP contribution >= 0.6 is 11.8 Å². The van der Waals surface area contributed by atoms with Gasteiger partial charge in [0.05, 0.1) is 11.9 Å². The fourth-order valence-corrected chi connectivity index (χ4v) is 4.36. The number of rotatable bonds is 8. The van der Waals surface area contributed by atoms with Crippen LogP contribution in [0.4, 0.5) is 0 Å². The van der Waals surface area contributed by atoms with Gasteiger partial charge in [0.2, 0.25) is 5.78 Å². The fraction of sp³-hybridized carbons (Fsp3) is 0.478. The average molecular weight is 416 g/mol. The Morgan fingerprint density at radius 1 is 1.17 bits per heavy atom. The molecule has 0 bridgehead atoms. The van der Waals surface area contributed by atoms with Crippen LogP contribution in [-0.4, -0.2) is 41.4 Å². The van der Waals surface area contributed by atoms with Gasteiger partial charge < -0.3 is 14.0 Å². The second-order valence-electron chi connectivity index (χ2n) is 7.65. The minimum atomic E-state index is -0.380. The van der Waals surface area contributed by atoms with Gasteiger partial charge in [0, 0.05) is 35.0 Å². The number of thioether (sulfide) groups is 1. The summed E-state index contributed by atoms with van der Waals surface area (Å²) in [6.45, 7) is 9.38. The van der Waals surface area contributed by atoms with Crippen molar-refractivity contribution >= 4 is 23.5 Å². The largest absolute Gasteiger partial charge is 0.457 e. The van der Waals surface area contributed by atoms with Gasteiger partial charge in [0.25, 0.3) is 0 Å². The third-order valence-corrected chi connectivity index (χ3v) is 6.45. The molecule has 156 valence electrons. The Bertz CT molecular complexity index is 897. The lowest BCUT2D eigenvalue weighted by molar-refractivity contribution is -0.139. The number of aromatic nitrogens is 1. The maximum atomic E-state index is 12.6. The van der Waals surface area contributed by atoms with E-state index in [9.17, 15) is 9.59 Å². The Kier molecular flexibility index (Phi) is 7.19. The lowest BCUT2D eigenvalue weighted by Crippen LogP contribution is -2.18. The van der Waals surface area contributed by atoms with E-state index >= 15 is 0 Å². The third kappa shape index (κ3) is 5.52. The first-order valence-electron chi connectivity index (χ1n) is 10.0. The van der Waals surface area contributed by atoms with Gasteiger partial charge >= 0.3 is 5.97 Å². The van der Waals surface area contributed by atoms with Crippen molar-refractivity contribution in [2.24, 2.45) is 0 Å². The van der Waals surface area contributed by atoms with Crippen LogP contribution in [0.3, 0.4) is 0 Å². The first-order valence-corrected chi connectivity index (χ1v) is 11.0. The summed E-state index contributed by atoms with van der Waals surface area (Å²) in [6, 6.07) is 7.97. The molecule has 1 aliphatic heterocycles. The summed E-state index contributed by atoms with van der Waals surface area (Å²) in [7, 11) is 0. The minimum absolute atomic E-state index is 0.166. The van der Waals surface area contributed by atoms with E-state index in [0.717, 1.165) is 42.3 Å². The first kappa shape index (κ1) is 21.7. The summed E-state index contributed by atoms with van der Waals surface area (Å²) in [5, 5.41) is 0. The summed E-state index contributed by atoms with van der Waals surface area (Å²) in [5.41, 5.74) is 4.97. The number of ether oxygens (including phenoxy) is 2. The summed E-state index contributed by atoms with van der Waals surface area (Å²) < 4.78 is 13.1. The highest BCUT2D eigenvalue weighted by Crippen LogP contribution is 2.22. The predicted molar refractivity (Wildman–Crippen MR) is 115 cm³/mol. The van der Waals surface area contributed by atoms with E-state index in [1.807, 2.05) is 39.0 Å². The number of Topliss-reactive ketones (excluding diaryl/α,β-unsaturated/α-hetero) is 1. The van der Waals surface area contributed by atoms with Crippen LogP contribution in [0.25, 0.3) is 0 Å². The molecule has 2 aromatic rings. The number of aryl methyl sites for hydroxylation is 3. The van der Waals surface area contributed by atoms with Gasteiger partial charge in [0.15, 0.2) is 6.61 Å². The van der Waals surface area contributed by atoms with E-state index in [1.54, 1.807) is 0 Å². The summed E-state index contributed by atoms with van der Waals surface area (Å²) in [4.78, 5) is 25.7. The number of hydrogen-bond acceptors (Lipinski definition) is 5. The van der Waals surface area contributed by atoms with E-state index in [-0.39, 0.29) is 30.2 Å². The van der Waals surface area contributed by atoms with E-state index in [0.29, 0.717) is 5.56 Å². The van der Waals surface area contributed by atoms with Gasteiger partial charge in [-0.25, -0.2) is 0 Å². The molecule has 1 aliphatic rings. The van der Waals surface area contributed by atoms with Crippen molar-refractivity contribution in [1.82, 2.24) is 4.57 Å². The molecule has 1 aromatic heterocycles. The molecule has 1 aromatic carbocycles. The van der Waals surface area contributed by atoms with Gasteiger partial charge in [-0.1, -0.05) is 6.07 Å². The van der Waals surface area contributed by atoms with Crippen LogP contribution in [-0.2, 0) is 20.8 Å². The van der Waals surface area contributed by atoms with Crippen molar-refractivity contribution in [1.29, 1.82) is 0 Å². The zero-order chi connectivity index (χ0) is 21.0. The molecule has 1 saturated heterocycles. The number of benzene rings is 1. The van der Waals surface area contributed by atoms with E-state index in [4.69, 9.17) is 9.47 Å². The van der Waals surface area contributed by atoms with Gasteiger partial charge in [-0.3, -0.25) is 9.59 Å². The molecule has 1 atom stereocenters. The van der Waals surface area contributed by atoms with Gasteiger partial charge in [0.1, 0.15) is 0 Å². The zero-order valence-electron chi connectivity index (χ0n) is 17.6. The normalized spacial score (nSPS) is 16.2. The molecule has 6 heteroatoms. The van der Waals surface area contributed by atoms with Crippen molar-refractivity contribution in [2.75, 3.05) is 19.0 Å². The topological polar surface area (TPSA) is 57.5 Å². The van der Waals surface area contributed by atoms with Gasteiger partial charge in [-0.2, -0.15) is 0 Å². The van der Waals surface area contributed by atoms with E-state index in [2.05, 4.69) is 17.6 Å². The van der Waals surface area contributed by atoms with Crippen LogP contribution in [0.1, 0.15) is 45.7 Å². The first-order chi connectivity index (χ1) is 13.8. The molecule has 0 spiro atoms. The molecule has 0 N–H and O–H groups in total. The fourth-order valence-electron chi connectivity index (χ4n) is 3.57. The highest BCUT2D eigenvalue weighted by Gasteiger charge is 2.21. The van der Waals surface area contributed by atoms with Crippen LogP contribution in [0.15, 0.2) is 29.2 Å². The van der Waals surface area contributed by atoms with Crippen molar-refractivity contribution < 1.29 is 19.1 Å². The highest BCUT2D eigenvalue weighted by molar-refractivity contribution is 8.00. The monoisotopic (exact) mass is 415 g/mol. The standard InChI is InChI=1S/C23H29NO4S/c1-15-7-8-20(10-16(15)2)29-14-23(26)28-13-22(25)21-11-17(3)24(18(21)4)12-19-6-5-9-27-19/h7-8,10-11,19H,5-6,9,12-14H2,1-4H3/t19-/m0/s1. The predicted octanol–water partition coefficient (Wildman–Crippen LogP) is 4.42. The molecule has 0 aliphatic carbocycles. The van der Waals surface area contributed by atoms with E-state index in [1.165, 1.54) is 22.9 Å². The molecule has 0 saturated carbocycles. The molecule has 0 amide bonds. The summed E-state index contributed by atoms with van der Waals surface area (Å²) in [5.74, 6) is -0.357. The van der Waals surface area contributed by atoms with Crippen LogP contribution < -0.4 is 0 Å². The molecule has 5 nitrogen and oxygen atoms in total. The molecule has 2 heterocycles. The smallest absolute Gasteiger partial charge is 0.316 e. The Balaban J connectivity index is 1.52. The maximum Gasteiger partial charge on any atom is 0.316 e. The van der Waals surface area contributed by atoms with E-state index < -0.39 is 0 Å². The Morgan fingerprint density at radius 2 is 1.97 bits per heavy atom. The summed E-state index contributed by atoms with van der Waals surface area (Å²) >= 11 is 1.42. The lowest BCUT2D eigenvalue weighted by atomic mass is 10.1. The van der Waals surface area contributed by atoms with Crippen molar-refractivity contribution in [3.63, 3.8) is 0 Å². The minimum Gasteiger partial charge on any atom is -0.457 e. The number of ketones is 1. The molecule has 29 heavy (non-hydrogen) atoms. The highest BCUT2D eigenvalue weighted by atomic mass is 32.2. The number of esters is 1. The van der Waals surface area contributed by atoms with Crippen LogP contribution in [0.2, 0.25) is 0 Å². The summed E-state index contributed by atoms with van der Waals surface area (Å²) in [6.07, 6.45) is 2.35. The maximum absolute atomic E-state index is 12.6. The van der Waals surface area contributed by atoms with Crippen molar-refractivity contribution in [3.8, 4) is 0 Å². The van der Waals surface area contributed by atoms with Crippen molar-refractivity contribution in [3.05, 3.63) is 52.3 Å². The zero-order valence-corrected chi connectivity index (χ0v) is 18.4. The molecular formula is C23H29NO4S. The second kappa shape index (κ2) is 9.63. The third-order valence-electron chi connectivity index (χ3n) is 5.48. The lowest BCUT2D eigenvalue weighted by Gasteiger charge is -2.14. The van der Waals surface area contributed by atoms with Crippen LogP contribution in [0.5, 0.6) is 0 Å². The second-order valence-corrected chi connectivity index (χ2v) is 8.70. The molecule has 0 unspecified atom stereocenters. The quantitative estimate of drug-likeness (QED) is 0.363. The number of carbonyl (C=O) groups excluding carboxylic acids is 2. The SMILES string of the molecule is Cc1ccc(SCC(=O)OCC(=O)c2cc(C)n(C[C@@H]3CCCO3)c2C)cc1C. The molecule has 0 radical (unpaired) electrons. The Morgan fingerprint density at radius 3 is 2.66 bits per heavy atom. The Hall–Kier alpha value is -2.05. The molecule has 1 fully saturated rings. The van der Waals surface area contributed by atoms with Crippen molar-refractivity contribution in [2.45, 2.75) is 58.1 Å². The molecule has 3 rings (SSSR count). The Labute approximate surface area is 176 Å². The van der Waals surface area contributed by atoms with Crippen LogP contribution in [0, 0.1) is 27.7 Å².